The Kier molecular flexibility index (Phi) is 4.03. The van der Waals surface area contributed by atoms with Crippen molar-refractivity contribution in [1.82, 2.24) is 4.98 Å². The molecule has 0 N–H and O–H groups in total. The van der Waals surface area contributed by atoms with E-state index in [1.807, 2.05) is 13.8 Å². The lowest BCUT2D eigenvalue weighted by molar-refractivity contribution is 0.570. The van der Waals surface area contributed by atoms with Crippen molar-refractivity contribution in [2.45, 2.75) is 20.8 Å². The van der Waals surface area contributed by atoms with Crippen molar-refractivity contribution in [3.05, 3.63) is 42.2 Å². The van der Waals surface area contributed by atoms with Gasteiger partial charge in [0.05, 0.1) is 6.20 Å². The van der Waals surface area contributed by atoms with Crippen molar-refractivity contribution < 1.29 is 8.81 Å². The number of rotatable bonds is 1. The van der Waals surface area contributed by atoms with Crippen molar-refractivity contribution in [3.63, 3.8) is 0 Å². The number of benzene rings is 1. The Morgan fingerprint density at radius 2 is 2.00 bits per heavy atom. The van der Waals surface area contributed by atoms with E-state index in [1.54, 1.807) is 25.3 Å². The van der Waals surface area contributed by atoms with Gasteiger partial charge < -0.3 is 4.42 Å². The van der Waals surface area contributed by atoms with E-state index in [1.165, 1.54) is 12.5 Å². The highest BCUT2D eigenvalue weighted by Crippen LogP contribution is 2.20. The first-order chi connectivity index (χ1) is 7.27. The Morgan fingerprint density at radius 3 is 2.53 bits per heavy atom. The van der Waals surface area contributed by atoms with Gasteiger partial charge in [-0.05, 0) is 18.6 Å². The summed E-state index contributed by atoms with van der Waals surface area (Å²) in [7, 11) is 0. The van der Waals surface area contributed by atoms with Crippen molar-refractivity contribution in [3.8, 4) is 11.3 Å². The molecule has 2 aromatic rings. The van der Waals surface area contributed by atoms with Crippen LogP contribution in [0.25, 0.3) is 11.3 Å². The van der Waals surface area contributed by atoms with Gasteiger partial charge in [0.2, 0.25) is 0 Å². The summed E-state index contributed by atoms with van der Waals surface area (Å²) in [5.41, 5.74) is 1.34. The number of aryl methyl sites for hydroxylation is 1. The van der Waals surface area contributed by atoms with Crippen molar-refractivity contribution in [2.24, 2.45) is 0 Å². The summed E-state index contributed by atoms with van der Waals surface area (Å²) in [5.74, 6) is 0.354. The summed E-state index contributed by atoms with van der Waals surface area (Å²) >= 11 is 0. The molecule has 80 valence electrons. The van der Waals surface area contributed by atoms with Crippen LogP contribution in [0.2, 0.25) is 0 Å². The highest BCUT2D eigenvalue weighted by Gasteiger charge is 2.03. The van der Waals surface area contributed by atoms with Crippen LogP contribution in [0.3, 0.4) is 0 Å². The maximum Gasteiger partial charge on any atom is 0.181 e. The standard InChI is InChI=1S/C10H8FNO.C2H6/c1-7-2-3-8(4-9(7)11)10-5-12-6-13-10;1-2/h2-6H,1H3;1-2H3. The Labute approximate surface area is 88.8 Å². The lowest BCUT2D eigenvalue weighted by Gasteiger charge is -1.98. The third-order valence-corrected chi connectivity index (χ3v) is 1.89. The fourth-order valence-electron chi connectivity index (χ4n) is 1.10. The minimum Gasteiger partial charge on any atom is -0.444 e. The lowest BCUT2D eigenvalue weighted by Crippen LogP contribution is -1.82. The van der Waals surface area contributed by atoms with Gasteiger partial charge in [-0.15, -0.1) is 0 Å². The van der Waals surface area contributed by atoms with Gasteiger partial charge in [0.25, 0.3) is 0 Å². The van der Waals surface area contributed by atoms with Gasteiger partial charge in [0.1, 0.15) is 5.82 Å². The van der Waals surface area contributed by atoms with E-state index < -0.39 is 0 Å². The summed E-state index contributed by atoms with van der Waals surface area (Å²) in [4.78, 5) is 3.76. The molecular formula is C12H14FNO. The molecule has 0 unspecified atom stereocenters. The van der Waals surface area contributed by atoms with Crippen LogP contribution in [0.5, 0.6) is 0 Å². The smallest absolute Gasteiger partial charge is 0.181 e. The Morgan fingerprint density at radius 1 is 1.27 bits per heavy atom. The van der Waals surface area contributed by atoms with Crippen LogP contribution >= 0.6 is 0 Å². The molecule has 0 atom stereocenters. The van der Waals surface area contributed by atoms with Crippen LogP contribution < -0.4 is 0 Å². The highest BCUT2D eigenvalue weighted by atomic mass is 19.1. The fraction of sp³-hybridized carbons (Fsp3) is 0.250. The van der Waals surface area contributed by atoms with Crippen molar-refractivity contribution in [2.75, 3.05) is 0 Å². The molecule has 0 radical (unpaired) electrons. The van der Waals surface area contributed by atoms with E-state index in [4.69, 9.17) is 4.42 Å². The van der Waals surface area contributed by atoms with Crippen LogP contribution in [0.15, 0.2) is 35.2 Å². The number of nitrogens with zero attached hydrogens (tertiary/aromatic N) is 1. The van der Waals surface area contributed by atoms with Gasteiger partial charge in [0.15, 0.2) is 12.2 Å². The monoisotopic (exact) mass is 207 g/mol. The second kappa shape index (κ2) is 5.29. The minimum absolute atomic E-state index is 0.228. The Hall–Kier alpha value is -1.64. The number of halogens is 1. The maximum atomic E-state index is 13.1. The molecule has 0 aliphatic heterocycles. The topological polar surface area (TPSA) is 26.0 Å². The van der Waals surface area contributed by atoms with Crippen molar-refractivity contribution in [1.29, 1.82) is 0 Å². The van der Waals surface area contributed by atoms with Gasteiger partial charge in [-0.1, -0.05) is 26.0 Å². The summed E-state index contributed by atoms with van der Waals surface area (Å²) in [6, 6.07) is 4.96. The average Bonchev–Trinajstić information content (AvgIpc) is 2.78. The zero-order valence-corrected chi connectivity index (χ0v) is 9.12. The van der Waals surface area contributed by atoms with E-state index in [0.29, 0.717) is 16.9 Å². The molecule has 0 bridgehead atoms. The third-order valence-electron chi connectivity index (χ3n) is 1.89. The second-order valence-corrected chi connectivity index (χ2v) is 2.83. The summed E-state index contributed by atoms with van der Waals surface area (Å²) in [5, 5.41) is 0. The van der Waals surface area contributed by atoms with E-state index in [-0.39, 0.29) is 5.82 Å². The van der Waals surface area contributed by atoms with Crippen LogP contribution in [0.4, 0.5) is 4.39 Å². The van der Waals surface area contributed by atoms with Gasteiger partial charge in [-0.3, -0.25) is 0 Å². The van der Waals surface area contributed by atoms with Gasteiger partial charge in [-0.25, -0.2) is 9.37 Å². The van der Waals surface area contributed by atoms with E-state index in [9.17, 15) is 4.39 Å². The lowest BCUT2D eigenvalue weighted by atomic mass is 10.1. The predicted octanol–water partition coefficient (Wildman–Crippen LogP) is 3.82. The molecule has 0 spiro atoms. The number of oxazole rings is 1. The van der Waals surface area contributed by atoms with E-state index in [0.717, 1.165) is 0 Å². The fourth-order valence-corrected chi connectivity index (χ4v) is 1.10. The molecule has 0 aliphatic carbocycles. The maximum absolute atomic E-state index is 13.1. The Bertz CT molecular complexity index is 410. The predicted molar refractivity (Wildman–Crippen MR) is 58.0 cm³/mol. The number of hydrogen-bond acceptors (Lipinski definition) is 2. The molecule has 1 aromatic carbocycles. The molecule has 0 aliphatic rings. The number of hydrogen-bond donors (Lipinski definition) is 0. The largest absolute Gasteiger partial charge is 0.444 e. The van der Waals surface area contributed by atoms with E-state index >= 15 is 0 Å². The molecule has 1 heterocycles. The molecule has 0 saturated heterocycles. The second-order valence-electron chi connectivity index (χ2n) is 2.83. The summed E-state index contributed by atoms with van der Waals surface area (Å²) in [6.45, 7) is 5.72. The van der Waals surface area contributed by atoms with Crippen LogP contribution in [0.1, 0.15) is 19.4 Å². The first-order valence-electron chi connectivity index (χ1n) is 4.92. The van der Waals surface area contributed by atoms with Crippen LogP contribution in [-0.2, 0) is 0 Å². The van der Waals surface area contributed by atoms with Crippen LogP contribution in [-0.4, -0.2) is 4.98 Å². The molecule has 3 heteroatoms. The molecule has 2 nitrogen and oxygen atoms in total. The first kappa shape index (κ1) is 11.4. The number of aromatic nitrogens is 1. The highest BCUT2D eigenvalue weighted by molar-refractivity contribution is 5.56. The van der Waals surface area contributed by atoms with Gasteiger partial charge in [0, 0.05) is 5.56 Å². The van der Waals surface area contributed by atoms with E-state index in [2.05, 4.69) is 4.98 Å². The Balaban J connectivity index is 0.000000531. The molecule has 15 heavy (non-hydrogen) atoms. The molecule has 1 aromatic heterocycles. The third kappa shape index (κ3) is 2.65. The molecule has 0 saturated carbocycles. The SMILES string of the molecule is CC.Cc1ccc(-c2cnco2)cc1F. The van der Waals surface area contributed by atoms with Gasteiger partial charge >= 0.3 is 0 Å². The summed E-state index contributed by atoms with van der Waals surface area (Å²) in [6.07, 6.45) is 2.89. The van der Waals surface area contributed by atoms with Crippen molar-refractivity contribution >= 4 is 0 Å². The normalized spacial score (nSPS) is 9.33. The quantitative estimate of drug-likeness (QED) is 0.710. The molecule has 0 amide bonds. The molecular weight excluding hydrogens is 193 g/mol. The zero-order valence-electron chi connectivity index (χ0n) is 9.12. The van der Waals surface area contributed by atoms with Crippen LogP contribution in [0, 0.1) is 12.7 Å². The average molecular weight is 207 g/mol. The molecule has 0 fully saturated rings. The zero-order chi connectivity index (χ0) is 11.3. The molecule has 2 rings (SSSR count). The summed E-state index contributed by atoms with van der Waals surface area (Å²) < 4.78 is 18.1. The minimum atomic E-state index is -0.228. The van der Waals surface area contributed by atoms with Gasteiger partial charge in [-0.2, -0.15) is 0 Å². The first-order valence-corrected chi connectivity index (χ1v) is 4.92.